The van der Waals surface area contributed by atoms with Crippen LogP contribution in [0.5, 0.6) is 0 Å². The van der Waals surface area contributed by atoms with Gasteiger partial charge in [-0.3, -0.25) is 15.3 Å². The third-order valence-corrected chi connectivity index (χ3v) is 1.11. The van der Waals surface area contributed by atoms with Gasteiger partial charge in [0.1, 0.15) is 0 Å². The Bertz CT molecular complexity index is 140. The first-order valence-electron chi connectivity index (χ1n) is 2.93. The fourth-order valence-electron chi connectivity index (χ4n) is 0.710. The quantitative estimate of drug-likeness (QED) is 0.556. The molecule has 1 rings (SSSR count). The highest BCUT2D eigenvalue weighted by molar-refractivity contribution is 5.59. The van der Waals surface area contributed by atoms with E-state index in [1.165, 1.54) is 0 Å². The second-order valence-corrected chi connectivity index (χ2v) is 1.83. The van der Waals surface area contributed by atoms with Gasteiger partial charge in [0.25, 0.3) is 0 Å². The molecule has 3 heteroatoms. The highest BCUT2D eigenvalue weighted by Crippen LogP contribution is 2.04. The number of hydrogen-bond donors (Lipinski definition) is 1. The van der Waals surface area contributed by atoms with Gasteiger partial charge in [0.05, 0.1) is 12.8 Å². The molecule has 3 nitrogen and oxygen atoms in total. The Hall–Kier alpha value is -0.830. The lowest BCUT2D eigenvalue weighted by atomic mass is 10.2. The molecule has 0 unspecified atom stereocenters. The van der Waals surface area contributed by atoms with Crippen molar-refractivity contribution in [3.05, 3.63) is 11.9 Å². The molecule has 0 saturated carbocycles. The lowest BCUT2D eigenvalue weighted by Gasteiger charge is -2.07. The molecule has 1 heterocycles. The summed E-state index contributed by atoms with van der Waals surface area (Å²) in [5.74, 6) is 0. The van der Waals surface area contributed by atoms with Crippen LogP contribution in [0.4, 0.5) is 0 Å². The standard InChI is InChI=1S/C6H10N2O/c1-9-8-6-3-2-4-7-5-6/h4-5,8H,2-3H2,1H3. The van der Waals surface area contributed by atoms with Crippen molar-refractivity contribution in [1.29, 1.82) is 0 Å². The van der Waals surface area contributed by atoms with Crippen LogP contribution in [0.15, 0.2) is 16.9 Å². The summed E-state index contributed by atoms with van der Waals surface area (Å²) >= 11 is 0. The van der Waals surface area contributed by atoms with E-state index in [9.17, 15) is 0 Å². The third kappa shape index (κ3) is 1.85. The van der Waals surface area contributed by atoms with Gasteiger partial charge < -0.3 is 0 Å². The molecule has 0 aromatic heterocycles. The first kappa shape index (κ1) is 6.29. The van der Waals surface area contributed by atoms with Gasteiger partial charge in [0.15, 0.2) is 0 Å². The molecule has 0 aromatic rings. The largest absolute Gasteiger partial charge is 0.280 e. The Balaban J connectivity index is 2.38. The SMILES string of the molecule is CONC1=CN=CCC1. The van der Waals surface area contributed by atoms with Crippen LogP contribution in [0.1, 0.15) is 12.8 Å². The first-order chi connectivity index (χ1) is 4.43. The fourth-order valence-corrected chi connectivity index (χ4v) is 0.710. The van der Waals surface area contributed by atoms with Crippen LogP contribution in [0, 0.1) is 0 Å². The van der Waals surface area contributed by atoms with Gasteiger partial charge in [-0.15, -0.1) is 0 Å². The molecule has 1 N–H and O–H groups in total. The second kappa shape index (κ2) is 3.25. The normalized spacial score (nSPS) is 17.2. The molecular weight excluding hydrogens is 116 g/mol. The van der Waals surface area contributed by atoms with Crippen LogP contribution in [0.25, 0.3) is 0 Å². The van der Waals surface area contributed by atoms with Crippen molar-refractivity contribution in [3.8, 4) is 0 Å². The summed E-state index contributed by atoms with van der Waals surface area (Å²) < 4.78 is 0. The molecule has 9 heavy (non-hydrogen) atoms. The fraction of sp³-hybridized carbons (Fsp3) is 0.500. The maximum atomic E-state index is 4.69. The summed E-state index contributed by atoms with van der Waals surface area (Å²) in [6, 6.07) is 0. The topological polar surface area (TPSA) is 33.6 Å². The molecule has 0 saturated heterocycles. The van der Waals surface area contributed by atoms with Gasteiger partial charge in [-0.05, 0) is 12.8 Å². The number of allylic oxidation sites excluding steroid dienone is 1. The Morgan fingerprint density at radius 2 is 2.67 bits per heavy atom. The van der Waals surface area contributed by atoms with E-state index < -0.39 is 0 Å². The minimum absolute atomic E-state index is 0.997. The molecule has 0 amide bonds. The number of aliphatic imine (C=N–C) groups is 1. The predicted octanol–water partition coefficient (Wildman–Crippen LogP) is 0.843. The van der Waals surface area contributed by atoms with E-state index in [2.05, 4.69) is 15.3 Å². The minimum Gasteiger partial charge on any atom is -0.280 e. The first-order valence-corrected chi connectivity index (χ1v) is 2.93. The number of nitrogens with one attached hydrogen (secondary N) is 1. The number of rotatable bonds is 2. The van der Waals surface area contributed by atoms with E-state index in [0.717, 1.165) is 18.5 Å². The van der Waals surface area contributed by atoms with E-state index in [4.69, 9.17) is 0 Å². The maximum absolute atomic E-state index is 4.69. The highest BCUT2D eigenvalue weighted by atomic mass is 16.6. The zero-order valence-corrected chi connectivity index (χ0v) is 5.42. The average Bonchev–Trinajstić information content (AvgIpc) is 1.91. The van der Waals surface area contributed by atoms with Crippen LogP contribution < -0.4 is 5.48 Å². The van der Waals surface area contributed by atoms with Crippen molar-refractivity contribution < 1.29 is 4.84 Å². The van der Waals surface area contributed by atoms with Crippen molar-refractivity contribution >= 4 is 6.21 Å². The van der Waals surface area contributed by atoms with Crippen molar-refractivity contribution in [2.45, 2.75) is 12.8 Å². The summed E-state index contributed by atoms with van der Waals surface area (Å²) in [5, 5.41) is 0. The van der Waals surface area contributed by atoms with Crippen molar-refractivity contribution in [2.75, 3.05) is 7.11 Å². The summed E-state index contributed by atoms with van der Waals surface area (Å²) in [7, 11) is 1.60. The summed E-state index contributed by atoms with van der Waals surface area (Å²) in [4.78, 5) is 8.64. The van der Waals surface area contributed by atoms with Gasteiger partial charge in [-0.1, -0.05) is 0 Å². The Morgan fingerprint density at radius 3 is 3.22 bits per heavy atom. The number of nitrogens with zero attached hydrogens (tertiary/aromatic N) is 1. The molecule has 50 valence electrons. The predicted molar refractivity (Wildman–Crippen MR) is 36.0 cm³/mol. The van der Waals surface area contributed by atoms with Crippen LogP contribution in [-0.2, 0) is 4.84 Å². The van der Waals surface area contributed by atoms with E-state index in [-0.39, 0.29) is 0 Å². The van der Waals surface area contributed by atoms with Crippen LogP contribution >= 0.6 is 0 Å². The Kier molecular flexibility index (Phi) is 2.27. The van der Waals surface area contributed by atoms with Gasteiger partial charge in [0, 0.05) is 12.4 Å². The molecule has 0 aromatic carbocycles. The van der Waals surface area contributed by atoms with E-state index in [1.807, 2.05) is 6.21 Å². The van der Waals surface area contributed by atoms with Gasteiger partial charge in [-0.25, -0.2) is 0 Å². The van der Waals surface area contributed by atoms with Gasteiger partial charge >= 0.3 is 0 Å². The summed E-state index contributed by atoms with van der Waals surface area (Å²) in [5.41, 5.74) is 3.77. The zero-order valence-electron chi connectivity index (χ0n) is 5.42. The number of hydrogen-bond acceptors (Lipinski definition) is 3. The van der Waals surface area contributed by atoms with Gasteiger partial charge in [0.2, 0.25) is 0 Å². The van der Waals surface area contributed by atoms with Crippen LogP contribution in [0.2, 0.25) is 0 Å². The molecule has 0 radical (unpaired) electrons. The second-order valence-electron chi connectivity index (χ2n) is 1.83. The Morgan fingerprint density at radius 1 is 1.78 bits per heavy atom. The van der Waals surface area contributed by atoms with Gasteiger partial charge in [-0.2, -0.15) is 0 Å². The molecule has 0 atom stereocenters. The maximum Gasteiger partial charge on any atom is 0.0636 e. The molecule has 0 aliphatic carbocycles. The number of hydroxylamine groups is 1. The van der Waals surface area contributed by atoms with Crippen molar-refractivity contribution in [1.82, 2.24) is 5.48 Å². The highest BCUT2D eigenvalue weighted by Gasteiger charge is 1.96. The minimum atomic E-state index is 0.997. The smallest absolute Gasteiger partial charge is 0.0636 e. The van der Waals surface area contributed by atoms with Crippen molar-refractivity contribution in [2.24, 2.45) is 4.99 Å². The molecular formula is C6H10N2O. The average molecular weight is 126 g/mol. The lowest BCUT2D eigenvalue weighted by Crippen LogP contribution is -2.12. The molecule has 0 fully saturated rings. The molecule has 0 bridgehead atoms. The monoisotopic (exact) mass is 126 g/mol. The van der Waals surface area contributed by atoms with Crippen LogP contribution in [-0.4, -0.2) is 13.3 Å². The molecule has 0 spiro atoms. The molecule has 1 aliphatic heterocycles. The Labute approximate surface area is 54.4 Å². The zero-order chi connectivity index (χ0) is 6.53. The van der Waals surface area contributed by atoms with E-state index >= 15 is 0 Å². The van der Waals surface area contributed by atoms with Crippen LogP contribution in [0.3, 0.4) is 0 Å². The summed E-state index contributed by atoms with van der Waals surface area (Å²) in [6.07, 6.45) is 5.66. The lowest BCUT2D eigenvalue weighted by molar-refractivity contribution is 0.115. The van der Waals surface area contributed by atoms with E-state index in [1.54, 1.807) is 13.3 Å². The van der Waals surface area contributed by atoms with E-state index in [0.29, 0.717) is 0 Å². The third-order valence-electron chi connectivity index (χ3n) is 1.11. The van der Waals surface area contributed by atoms with Crippen molar-refractivity contribution in [3.63, 3.8) is 0 Å². The summed E-state index contributed by atoms with van der Waals surface area (Å²) in [6.45, 7) is 0. The molecule has 1 aliphatic rings.